The monoisotopic (exact) mass is 182 g/mol. The van der Waals surface area contributed by atoms with Gasteiger partial charge in [0.15, 0.2) is 5.82 Å². The van der Waals surface area contributed by atoms with Crippen LogP contribution in [-0.4, -0.2) is 20.7 Å². The molecule has 1 aromatic rings. The maximum Gasteiger partial charge on any atom is 0.217 e. The topological polar surface area (TPSA) is 59.8 Å². The normalized spacial score (nSPS) is 10.5. The van der Waals surface area contributed by atoms with Gasteiger partial charge in [-0.1, -0.05) is 0 Å². The van der Waals surface area contributed by atoms with Crippen molar-refractivity contribution in [3.63, 3.8) is 0 Å². The highest BCUT2D eigenvalue weighted by molar-refractivity contribution is 5.72. The predicted molar refractivity (Wildman–Crippen MR) is 47.9 cm³/mol. The fourth-order valence-corrected chi connectivity index (χ4v) is 1.03. The summed E-state index contributed by atoms with van der Waals surface area (Å²) in [6.07, 6.45) is 1.67. The van der Waals surface area contributed by atoms with Crippen molar-refractivity contribution in [3.05, 3.63) is 12.2 Å². The van der Waals surface area contributed by atoms with Gasteiger partial charge in [-0.3, -0.25) is 4.79 Å². The van der Waals surface area contributed by atoms with Crippen LogP contribution < -0.4 is 5.32 Å². The number of hydrogen-bond acceptors (Lipinski definition) is 3. The first-order valence-corrected chi connectivity index (χ1v) is 4.24. The van der Waals surface area contributed by atoms with Crippen LogP contribution in [0.3, 0.4) is 0 Å². The second-order valence-electron chi connectivity index (χ2n) is 3.16. The van der Waals surface area contributed by atoms with E-state index in [1.54, 1.807) is 6.33 Å². The summed E-state index contributed by atoms with van der Waals surface area (Å²) in [4.78, 5) is 10.7. The molecule has 1 N–H and O–H groups in total. The van der Waals surface area contributed by atoms with E-state index in [1.165, 1.54) is 6.92 Å². The molecular formula is C8H14N4O. The van der Waals surface area contributed by atoms with Crippen molar-refractivity contribution in [2.75, 3.05) is 0 Å². The Hall–Kier alpha value is -1.39. The number of carbonyl (C=O) groups is 1. The quantitative estimate of drug-likeness (QED) is 0.740. The molecule has 72 valence electrons. The summed E-state index contributed by atoms with van der Waals surface area (Å²) in [6, 6.07) is 0.318. The van der Waals surface area contributed by atoms with Crippen LogP contribution in [0.5, 0.6) is 0 Å². The van der Waals surface area contributed by atoms with Crippen LogP contribution in [0.15, 0.2) is 6.33 Å². The summed E-state index contributed by atoms with van der Waals surface area (Å²) in [7, 11) is 0. The van der Waals surface area contributed by atoms with Crippen LogP contribution in [0.25, 0.3) is 0 Å². The molecule has 5 nitrogen and oxygen atoms in total. The standard InChI is InChI=1S/C8H14N4O/c1-6(2)12-5-10-11-8(12)4-9-7(3)13/h5-6H,4H2,1-3H3,(H,9,13). The lowest BCUT2D eigenvalue weighted by Gasteiger charge is -2.09. The van der Waals surface area contributed by atoms with Crippen LogP contribution >= 0.6 is 0 Å². The second-order valence-corrected chi connectivity index (χ2v) is 3.16. The Bertz CT molecular complexity index is 292. The van der Waals surface area contributed by atoms with E-state index in [0.29, 0.717) is 12.6 Å². The molecule has 1 rings (SSSR count). The zero-order chi connectivity index (χ0) is 9.84. The third kappa shape index (κ3) is 2.54. The Morgan fingerprint density at radius 1 is 1.69 bits per heavy atom. The van der Waals surface area contributed by atoms with Gasteiger partial charge in [-0.25, -0.2) is 0 Å². The minimum Gasteiger partial charge on any atom is -0.349 e. The van der Waals surface area contributed by atoms with E-state index in [4.69, 9.17) is 0 Å². The third-order valence-corrected chi connectivity index (χ3v) is 1.70. The summed E-state index contributed by atoms with van der Waals surface area (Å²) in [5.74, 6) is 0.725. The van der Waals surface area contributed by atoms with Gasteiger partial charge in [-0.2, -0.15) is 0 Å². The van der Waals surface area contributed by atoms with Gasteiger partial charge < -0.3 is 9.88 Å². The Kier molecular flexibility index (Phi) is 3.00. The van der Waals surface area contributed by atoms with Crippen molar-refractivity contribution in [1.82, 2.24) is 20.1 Å². The number of rotatable bonds is 3. The molecule has 0 aromatic carbocycles. The molecule has 0 bridgehead atoms. The fourth-order valence-electron chi connectivity index (χ4n) is 1.03. The Balaban J connectivity index is 2.65. The van der Waals surface area contributed by atoms with Crippen LogP contribution in [0.1, 0.15) is 32.6 Å². The molecule has 0 aliphatic carbocycles. The molecule has 1 amide bonds. The maximum atomic E-state index is 10.7. The maximum absolute atomic E-state index is 10.7. The number of nitrogens with one attached hydrogen (secondary N) is 1. The van der Waals surface area contributed by atoms with Gasteiger partial charge in [-0.15, -0.1) is 10.2 Å². The van der Waals surface area contributed by atoms with Gasteiger partial charge in [0.1, 0.15) is 6.33 Å². The average molecular weight is 182 g/mol. The fraction of sp³-hybridized carbons (Fsp3) is 0.625. The van der Waals surface area contributed by atoms with Crippen molar-refractivity contribution < 1.29 is 4.79 Å². The SMILES string of the molecule is CC(=O)NCc1nncn1C(C)C. The molecule has 0 aliphatic rings. The lowest BCUT2D eigenvalue weighted by Crippen LogP contribution is -2.22. The van der Waals surface area contributed by atoms with Crippen molar-refractivity contribution in [2.45, 2.75) is 33.4 Å². The van der Waals surface area contributed by atoms with E-state index < -0.39 is 0 Å². The first-order valence-electron chi connectivity index (χ1n) is 4.24. The molecule has 0 spiro atoms. The second kappa shape index (κ2) is 4.02. The van der Waals surface area contributed by atoms with Crippen LogP contribution in [0.4, 0.5) is 0 Å². The van der Waals surface area contributed by atoms with E-state index in [0.717, 1.165) is 5.82 Å². The van der Waals surface area contributed by atoms with Crippen molar-refractivity contribution >= 4 is 5.91 Å². The largest absolute Gasteiger partial charge is 0.349 e. The highest BCUT2D eigenvalue weighted by atomic mass is 16.1. The highest BCUT2D eigenvalue weighted by Crippen LogP contribution is 2.05. The number of hydrogen-bond donors (Lipinski definition) is 1. The predicted octanol–water partition coefficient (Wildman–Crippen LogP) is 0.495. The molecule has 1 heterocycles. The number of aromatic nitrogens is 3. The van der Waals surface area contributed by atoms with Gasteiger partial charge in [0.2, 0.25) is 5.91 Å². The van der Waals surface area contributed by atoms with Gasteiger partial charge in [-0.05, 0) is 13.8 Å². The van der Waals surface area contributed by atoms with Crippen LogP contribution in [-0.2, 0) is 11.3 Å². The van der Waals surface area contributed by atoms with E-state index >= 15 is 0 Å². The lowest BCUT2D eigenvalue weighted by atomic mass is 10.4. The first-order chi connectivity index (χ1) is 6.11. The average Bonchev–Trinajstić information content (AvgIpc) is 2.47. The van der Waals surface area contributed by atoms with Gasteiger partial charge in [0, 0.05) is 13.0 Å². The molecule has 0 fully saturated rings. The Labute approximate surface area is 77.2 Å². The number of nitrogens with zero attached hydrogens (tertiary/aromatic N) is 3. The Morgan fingerprint density at radius 2 is 2.38 bits per heavy atom. The van der Waals surface area contributed by atoms with Crippen LogP contribution in [0.2, 0.25) is 0 Å². The number of amides is 1. The van der Waals surface area contributed by atoms with E-state index in [1.807, 2.05) is 18.4 Å². The third-order valence-electron chi connectivity index (χ3n) is 1.70. The molecule has 0 saturated carbocycles. The van der Waals surface area contributed by atoms with Gasteiger partial charge in [0.05, 0.1) is 6.54 Å². The van der Waals surface area contributed by atoms with E-state index in [9.17, 15) is 4.79 Å². The van der Waals surface area contributed by atoms with Gasteiger partial charge >= 0.3 is 0 Å². The Morgan fingerprint density at radius 3 is 2.92 bits per heavy atom. The minimum atomic E-state index is -0.0571. The highest BCUT2D eigenvalue weighted by Gasteiger charge is 2.06. The molecule has 0 unspecified atom stereocenters. The molecular weight excluding hydrogens is 168 g/mol. The zero-order valence-electron chi connectivity index (χ0n) is 8.11. The summed E-state index contributed by atoms with van der Waals surface area (Å²) < 4.78 is 1.93. The van der Waals surface area contributed by atoms with Crippen molar-refractivity contribution in [2.24, 2.45) is 0 Å². The van der Waals surface area contributed by atoms with Crippen LogP contribution in [0, 0.1) is 0 Å². The molecule has 5 heteroatoms. The summed E-state index contributed by atoms with van der Waals surface area (Å²) >= 11 is 0. The summed E-state index contributed by atoms with van der Waals surface area (Å²) in [5, 5.41) is 10.4. The summed E-state index contributed by atoms with van der Waals surface area (Å²) in [6.45, 7) is 6.00. The van der Waals surface area contributed by atoms with Crippen molar-refractivity contribution in [1.29, 1.82) is 0 Å². The molecule has 0 saturated heterocycles. The minimum absolute atomic E-state index is 0.0571. The first kappa shape index (κ1) is 9.70. The van der Waals surface area contributed by atoms with Crippen molar-refractivity contribution in [3.8, 4) is 0 Å². The molecule has 0 aliphatic heterocycles. The molecule has 1 aromatic heterocycles. The molecule has 13 heavy (non-hydrogen) atoms. The number of carbonyl (C=O) groups excluding carboxylic acids is 1. The van der Waals surface area contributed by atoms with E-state index in [2.05, 4.69) is 15.5 Å². The molecule has 0 atom stereocenters. The zero-order valence-corrected chi connectivity index (χ0v) is 8.11. The smallest absolute Gasteiger partial charge is 0.217 e. The van der Waals surface area contributed by atoms with Gasteiger partial charge in [0.25, 0.3) is 0 Å². The summed E-state index contributed by atoms with van der Waals surface area (Å²) in [5.41, 5.74) is 0. The molecule has 0 radical (unpaired) electrons. The lowest BCUT2D eigenvalue weighted by molar-refractivity contribution is -0.119. The van der Waals surface area contributed by atoms with E-state index in [-0.39, 0.29) is 5.91 Å².